The van der Waals surface area contributed by atoms with Crippen molar-refractivity contribution in [3.63, 3.8) is 0 Å². The third-order valence-corrected chi connectivity index (χ3v) is 4.26. The van der Waals surface area contributed by atoms with Gasteiger partial charge in [0.25, 0.3) is 0 Å². The Morgan fingerprint density at radius 2 is 2.00 bits per heavy atom. The lowest BCUT2D eigenvalue weighted by Crippen LogP contribution is -1.91. The molecule has 1 aromatic carbocycles. The largest absolute Gasteiger partial charge is 0.494 e. The highest BCUT2D eigenvalue weighted by Crippen LogP contribution is 2.35. The molecule has 0 amide bonds. The summed E-state index contributed by atoms with van der Waals surface area (Å²) < 4.78 is 7.25. The number of aromatic nitrogens is 1. The molecule has 0 aliphatic heterocycles. The first-order chi connectivity index (χ1) is 7.15. The highest BCUT2D eigenvalue weighted by atomic mass is 79.9. The molecule has 0 radical (unpaired) electrons. The van der Waals surface area contributed by atoms with E-state index in [0.29, 0.717) is 0 Å². The number of ether oxygens (including phenoxy) is 1. The number of methoxy groups -OCH3 is 1. The molecule has 0 saturated heterocycles. The van der Waals surface area contributed by atoms with Crippen LogP contribution in [0.1, 0.15) is 5.56 Å². The van der Waals surface area contributed by atoms with Gasteiger partial charge in [-0.3, -0.25) is 4.98 Å². The topological polar surface area (TPSA) is 22.1 Å². The SMILES string of the molecule is COc1ccc(C)c2c(Br)c(Br)cnc12. The van der Waals surface area contributed by atoms with E-state index < -0.39 is 0 Å². The molecule has 0 aliphatic rings. The van der Waals surface area contributed by atoms with Crippen molar-refractivity contribution in [2.75, 3.05) is 7.11 Å². The molecule has 0 aliphatic carbocycles. The molecule has 0 unspecified atom stereocenters. The summed E-state index contributed by atoms with van der Waals surface area (Å²) in [4.78, 5) is 4.37. The molecular formula is C11H9Br2NO. The summed E-state index contributed by atoms with van der Waals surface area (Å²) in [5.74, 6) is 0.795. The molecule has 1 heterocycles. The summed E-state index contributed by atoms with van der Waals surface area (Å²) in [7, 11) is 1.65. The predicted octanol–water partition coefficient (Wildman–Crippen LogP) is 4.08. The fourth-order valence-corrected chi connectivity index (χ4v) is 2.44. The number of rotatable bonds is 1. The summed E-state index contributed by atoms with van der Waals surface area (Å²) in [5, 5.41) is 1.09. The maximum Gasteiger partial charge on any atom is 0.145 e. The van der Waals surface area contributed by atoms with E-state index in [-0.39, 0.29) is 0 Å². The fraction of sp³-hybridized carbons (Fsp3) is 0.182. The quantitative estimate of drug-likeness (QED) is 0.786. The van der Waals surface area contributed by atoms with Gasteiger partial charge in [-0.05, 0) is 50.4 Å². The Balaban J connectivity index is 2.93. The van der Waals surface area contributed by atoms with Gasteiger partial charge in [-0.2, -0.15) is 0 Å². The summed E-state index contributed by atoms with van der Waals surface area (Å²) in [6.45, 7) is 2.06. The number of fused-ring (bicyclic) bond motifs is 1. The number of pyridine rings is 1. The van der Waals surface area contributed by atoms with Gasteiger partial charge in [0.1, 0.15) is 11.3 Å². The molecule has 2 aromatic rings. The number of nitrogens with zero attached hydrogens (tertiary/aromatic N) is 1. The van der Waals surface area contributed by atoms with Crippen LogP contribution in [0.2, 0.25) is 0 Å². The molecule has 0 fully saturated rings. The van der Waals surface area contributed by atoms with Gasteiger partial charge in [0.15, 0.2) is 0 Å². The first kappa shape index (κ1) is 10.9. The molecule has 0 saturated carbocycles. The third-order valence-electron chi connectivity index (χ3n) is 2.31. The number of halogens is 2. The van der Waals surface area contributed by atoms with Crippen LogP contribution in [0.3, 0.4) is 0 Å². The fourth-order valence-electron chi connectivity index (χ4n) is 1.54. The molecule has 0 N–H and O–H groups in total. The van der Waals surface area contributed by atoms with Gasteiger partial charge in [-0.15, -0.1) is 0 Å². The molecule has 15 heavy (non-hydrogen) atoms. The van der Waals surface area contributed by atoms with Crippen LogP contribution in [0.5, 0.6) is 5.75 Å². The van der Waals surface area contributed by atoms with Crippen molar-refractivity contribution in [1.29, 1.82) is 0 Å². The monoisotopic (exact) mass is 329 g/mol. The van der Waals surface area contributed by atoms with Crippen LogP contribution in [-0.4, -0.2) is 12.1 Å². The van der Waals surface area contributed by atoms with Crippen molar-refractivity contribution in [2.24, 2.45) is 0 Å². The standard InChI is InChI=1S/C11H9Br2NO/c1-6-3-4-8(15-2)11-9(6)10(13)7(12)5-14-11/h3-5H,1-2H3. The first-order valence-corrected chi connectivity index (χ1v) is 6.01. The minimum Gasteiger partial charge on any atom is -0.494 e. The molecule has 0 bridgehead atoms. The normalized spacial score (nSPS) is 10.7. The summed E-state index contributed by atoms with van der Waals surface area (Å²) in [6, 6.07) is 3.96. The van der Waals surface area contributed by atoms with E-state index in [9.17, 15) is 0 Å². The van der Waals surface area contributed by atoms with E-state index in [1.165, 1.54) is 5.56 Å². The second-order valence-corrected chi connectivity index (χ2v) is 4.88. The van der Waals surface area contributed by atoms with E-state index in [1.807, 2.05) is 12.1 Å². The Morgan fingerprint density at radius 3 is 2.67 bits per heavy atom. The van der Waals surface area contributed by atoms with Gasteiger partial charge in [-0.25, -0.2) is 0 Å². The third kappa shape index (κ3) is 1.76. The van der Waals surface area contributed by atoms with Crippen molar-refractivity contribution in [3.05, 3.63) is 32.8 Å². The summed E-state index contributed by atoms with van der Waals surface area (Å²) in [6.07, 6.45) is 1.77. The highest BCUT2D eigenvalue weighted by Gasteiger charge is 2.10. The lowest BCUT2D eigenvalue weighted by atomic mass is 10.1. The van der Waals surface area contributed by atoms with Gasteiger partial charge >= 0.3 is 0 Å². The number of hydrogen-bond acceptors (Lipinski definition) is 2. The molecule has 4 heteroatoms. The molecule has 1 aromatic heterocycles. The zero-order valence-electron chi connectivity index (χ0n) is 8.34. The maximum absolute atomic E-state index is 5.28. The Hall–Kier alpha value is -0.610. The van der Waals surface area contributed by atoms with E-state index >= 15 is 0 Å². The van der Waals surface area contributed by atoms with Crippen LogP contribution < -0.4 is 4.74 Å². The Morgan fingerprint density at radius 1 is 1.27 bits per heavy atom. The lowest BCUT2D eigenvalue weighted by molar-refractivity contribution is 0.419. The van der Waals surface area contributed by atoms with Crippen molar-refractivity contribution >= 4 is 42.8 Å². The second kappa shape index (κ2) is 4.10. The van der Waals surface area contributed by atoms with Gasteiger partial charge in [0, 0.05) is 16.1 Å². The first-order valence-electron chi connectivity index (χ1n) is 4.42. The number of aryl methyl sites for hydroxylation is 1. The van der Waals surface area contributed by atoms with Crippen molar-refractivity contribution in [2.45, 2.75) is 6.92 Å². The number of hydrogen-bond donors (Lipinski definition) is 0. The average Bonchev–Trinajstić information content (AvgIpc) is 2.24. The molecule has 0 spiro atoms. The highest BCUT2D eigenvalue weighted by molar-refractivity contribution is 9.13. The van der Waals surface area contributed by atoms with Gasteiger partial charge < -0.3 is 4.74 Å². The van der Waals surface area contributed by atoms with Crippen LogP contribution >= 0.6 is 31.9 Å². The minimum absolute atomic E-state index is 0.795. The van der Waals surface area contributed by atoms with E-state index in [2.05, 4.69) is 43.8 Å². The second-order valence-electron chi connectivity index (χ2n) is 3.23. The molecule has 2 rings (SSSR count). The minimum atomic E-state index is 0.795. The zero-order valence-corrected chi connectivity index (χ0v) is 11.5. The van der Waals surface area contributed by atoms with Crippen LogP contribution in [0.4, 0.5) is 0 Å². The zero-order chi connectivity index (χ0) is 11.0. The predicted molar refractivity (Wildman–Crippen MR) is 68.4 cm³/mol. The van der Waals surface area contributed by atoms with Gasteiger partial charge in [0.05, 0.1) is 11.6 Å². The van der Waals surface area contributed by atoms with Crippen LogP contribution in [0, 0.1) is 6.92 Å². The summed E-state index contributed by atoms with van der Waals surface area (Å²) >= 11 is 7.00. The van der Waals surface area contributed by atoms with Crippen LogP contribution in [0.25, 0.3) is 10.9 Å². The Bertz CT molecular complexity index is 525. The van der Waals surface area contributed by atoms with E-state index in [0.717, 1.165) is 25.6 Å². The number of benzene rings is 1. The van der Waals surface area contributed by atoms with Crippen molar-refractivity contribution in [1.82, 2.24) is 4.98 Å². The maximum atomic E-state index is 5.28. The molecule has 78 valence electrons. The van der Waals surface area contributed by atoms with Gasteiger partial charge in [0.2, 0.25) is 0 Å². The average molecular weight is 331 g/mol. The lowest BCUT2D eigenvalue weighted by Gasteiger charge is -2.09. The molecule has 2 nitrogen and oxygen atoms in total. The Labute approximate surface area is 105 Å². The van der Waals surface area contributed by atoms with E-state index in [4.69, 9.17) is 4.74 Å². The summed E-state index contributed by atoms with van der Waals surface area (Å²) in [5.41, 5.74) is 2.05. The smallest absolute Gasteiger partial charge is 0.145 e. The Kier molecular flexibility index (Phi) is 2.98. The van der Waals surface area contributed by atoms with Gasteiger partial charge in [-0.1, -0.05) is 6.07 Å². The van der Waals surface area contributed by atoms with E-state index in [1.54, 1.807) is 13.3 Å². The van der Waals surface area contributed by atoms with Crippen molar-refractivity contribution < 1.29 is 4.74 Å². The molecular weight excluding hydrogens is 322 g/mol. The van der Waals surface area contributed by atoms with Crippen LogP contribution in [0.15, 0.2) is 27.3 Å². The van der Waals surface area contributed by atoms with Crippen molar-refractivity contribution in [3.8, 4) is 5.75 Å². The van der Waals surface area contributed by atoms with Crippen LogP contribution in [-0.2, 0) is 0 Å². The molecule has 0 atom stereocenters.